The van der Waals surface area contributed by atoms with Crippen LogP contribution in [0.2, 0.25) is 5.02 Å². The largest absolute Gasteiger partial charge is 0.465 e. The number of hydrogen-bond acceptors (Lipinski definition) is 5. The van der Waals surface area contributed by atoms with Crippen LogP contribution in [0, 0.1) is 0 Å². The third kappa shape index (κ3) is 7.02. The highest BCUT2D eigenvalue weighted by Crippen LogP contribution is 2.33. The van der Waals surface area contributed by atoms with E-state index >= 15 is 0 Å². The van der Waals surface area contributed by atoms with Crippen LogP contribution in [0.25, 0.3) is 0 Å². The molecule has 0 aliphatic heterocycles. The highest BCUT2D eigenvalue weighted by Gasteiger charge is 2.10. The normalized spacial score (nSPS) is 10.3. The van der Waals surface area contributed by atoms with E-state index in [2.05, 4.69) is 5.32 Å². The summed E-state index contributed by atoms with van der Waals surface area (Å²) in [5, 5.41) is 3.57. The summed E-state index contributed by atoms with van der Waals surface area (Å²) < 4.78 is 4.83. The number of nitrogens with one attached hydrogen (secondary N) is 1. The molecule has 0 spiro atoms. The van der Waals surface area contributed by atoms with Gasteiger partial charge in [0, 0.05) is 14.8 Å². The van der Waals surface area contributed by atoms with Gasteiger partial charge in [-0.05, 0) is 43.3 Å². The van der Waals surface area contributed by atoms with Gasteiger partial charge in [-0.25, -0.2) is 0 Å². The summed E-state index contributed by atoms with van der Waals surface area (Å²) in [5.74, 6) is -0.0984. The third-order valence-electron chi connectivity index (χ3n) is 2.96. The molecule has 0 radical (unpaired) electrons. The molecule has 0 fully saturated rings. The molecule has 2 aromatic carbocycles. The Morgan fingerprint density at radius 1 is 1.08 bits per heavy atom. The number of anilines is 1. The van der Waals surface area contributed by atoms with Crippen LogP contribution < -0.4 is 5.32 Å². The maximum atomic E-state index is 12.1. The molecule has 0 aliphatic carbocycles. The lowest BCUT2D eigenvalue weighted by molar-refractivity contribution is -0.139. The van der Waals surface area contributed by atoms with Gasteiger partial charge >= 0.3 is 5.97 Å². The van der Waals surface area contributed by atoms with Crippen LogP contribution in [0.15, 0.2) is 58.3 Å². The summed E-state index contributed by atoms with van der Waals surface area (Å²) in [7, 11) is 0. The highest BCUT2D eigenvalue weighted by molar-refractivity contribution is 8.00. The number of esters is 1. The van der Waals surface area contributed by atoms with Crippen molar-refractivity contribution in [2.24, 2.45) is 0 Å². The molecule has 2 rings (SSSR count). The Balaban J connectivity index is 1.92. The number of carbonyl (C=O) groups is 2. The molecule has 4 nitrogen and oxygen atoms in total. The van der Waals surface area contributed by atoms with Crippen molar-refractivity contribution in [3.05, 3.63) is 53.6 Å². The van der Waals surface area contributed by atoms with Gasteiger partial charge in [-0.1, -0.05) is 35.5 Å². The predicted molar refractivity (Wildman–Crippen MR) is 105 cm³/mol. The summed E-state index contributed by atoms with van der Waals surface area (Å²) in [4.78, 5) is 25.3. The maximum absolute atomic E-state index is 12.1. The van der Waals surface area contributed by atoms with Crippen LogP contribution in [-0.2, 0) is 14.3 Å². The van der Waals surface area contributed by atoms with Crippen molar-refractivity contribution < 1.29 is 14.3 Å². The van der Waals surface area contributed by atoms with Gasteiger partial charge < -0.3 is 10.1 Å². The van der Waals surface area contributed by atoms with E-state index in [1.54, 1.807) is 18.7 Å². The zero-order chi connectivity index (χ0) is 18.1. The van der Waals surface area contributed by atoms with Gasteiger partial charge in [-0.15, -0.1) is 11.8 Å². The Bertz CT molecular complexity index is 723. The van der Waals surface area contributed by atoms with E-state index in [1.165, 1.54) is 11.8 Å². The Hall–Kier alpha value is -1.63. The van der Waals surface area contributed by atoms with E-state index in [1.807, 2.05) is 48.5 Å². The molecule has 25 heavy (non-hydrogen) atoms. The molecule has 0 saturated heterocycles. The number of amides is 1. The molecule has 1 amide bonds. The second-order valence-corrected chi connectivity index (χ2v) is 7.44. The van der Waals surface area contributed by atoms with E-state index in [4.69, 9.17) is 16.3 Å². The molecule has 0 saturated carbocycles. The van der Waals surface area contributed by atoms with Crippen LogP contribution in [0.3, 0.4) is 0 Å². The first-order chi connectivity index (χ1) is 12.1. The van der Waals surface area contributed by atoms with Gasteiger partial charge in [0.25, 0.3) is 0 Å². The molecule has 7 heteroatoms. The predicted octanol–water partition coefficient (Wildman–Crippen LogP) is 4.73. The topological polar surface area (TPSA) is 55.4 Å². The first kappa shape index (κ1) is 19.7. The molecule has 2 aromatic rings. The first-order valence-corrected chi connectivity index (χ1v) is 9.99. The van der Waals surface area contributed by atoms with Crippen molar-refractivity contribution >= 4 is 52.7 Å². The van der Waals surface area contributed by atoms with Crippen molar-refractivity contribution in [2.75, 3.05) is 23.4 Å². The maximum Gasteiger partial charge on any atom is 0.315 e. The second-order valence-electron chi connectivity index (χ2n) is 4.90. The molecule has 0 aliphatic rings. The van der Waals surface area contributed by atoms with E-state index in [-0.39, 0.29) is 23.4 Å². The summed E-state index contributed by atoms with van der Waals surface area (Å²) in [5.41, 5.74) is 0.740. The average Bonchev–Trinajstić information content (AvgIpc) is 2.59. The van der Waals surface area contributed by atoms with Gasteiger partial charge in [0.15, 0.2) is 0 Å². The molecule has 132 valence electrons. The standard InChI is InChI=1S/C18H18ClNO3S2/c1-2-23-18(22)12-24-11-17(21)20-15-5-3-4-6-16(15)25-14-9-7-13(19)8-10-14/h3-10H,2,11-12H2,1H3,(H,20,21). The summed E-state index contributed by atoms with van der Waals surface area (Å²) >= 11 is 8.68. The lowest BCUT2D eigenvalue weighted by Gasteiger charge is -2.10. The summed E-state index contributed by atoms with van der Waals surface area (Å²) in [6, 6.07) is 15.1. The number of rotatable bonds is 8. The second kappa shape index (κ2) is 10.4. The molecule has 0 heterocycles. The van der Waals surface area contributed by atoms with Crippen LogP contribution >= 0.6 is 35.1 Å². The van der Waals surface area contributed by atoms with E-state index in [9.17, 15) is 9.59 Å². The minimum absolute atomic E-state index is 0.154. The quantitative estimate of drug-likeness (QED) is 0.655. The first-order valence-electron chi connectivity index (χ1n) is 7.64. The summed E-state index contributed by atoms with van der Waals surface area (Å²) in [6.45, 7) is 2.10. The number of benzene rings is 2. The van der Waals surface area contributed by atoms with Crippen LogP contribution in [0.1, 0.15) is 6.92 Å². The SMILES string of the molecule is CCOC(=O)CSCC(=O)Nc1ccccc1Sc1ccc(Cl)cc1. The number of para-hydroxylation sites is 1. The zero-order valence-electron chi connectivity index (χ0n) is 13.7. The number of thioether (sulfide) groups is 1. The molecule has 0 aromatic heterocycles. The average molecular weight is 396 g/mol. The fourth-order valence-corrected chi connectivity index (χ4v) is 3.54. The van der Waals surface area contributed by atoms with E-state index in [0.717, 1.165) is 15.5 Å². The van der Waals surface area contributed by atoms with Crippen molar-refractivity contribution in [1.82, 2.24) is 0 Å². The minimum Gasteiger partial charge on any atom is -0.465 e. The number of ether oxygens (including phenoxy) is 1. The van der Waals surface area contributed by atoms with Crippen LogP contribution in [0.4, 0.5) is 5.69 Å². The molecule has 0 bridgehead atoms. The van der Waals surface area contributed by atoms with Crippen molar-refractivity contribution in [3.63, 3.8) is 0 Å². The molecule has 0 unspecified atom stereocenters. The van der Waals surface area contributed by atoms with Gasteiger partial charge in [0.05, 0.1) is 23.8 Å². The van der Waals surface area contributed by atoms with Gasteiger partial charge in [0.1, 0.15) is 0 Å². The van der Waals surface area contributed by atoms with E-state index in [0.29, 0.717) is 11.6 Å². The highest BCUT2D eigenvalue weighted by atomic mass is 35.5. The lowest BCUT2D eigenvalue weighted by atomic mass is 10.3. The molecule has 1 N–H and O–H groups in total. The number of halogens is 1. The smallest absolute Gasteiger partial charge is 0.315 e. The molecule has 0 atom stereocenters. The Morgan fingerprint density at radius 2 is 1.80 bits per heavy atom. The fraction of sp³-hybridized carbons (Fsp3) is 0.222. The number of hydrogen-bond donors (Lipinski definition) is 1. The van der Waals surface area contributed by atoms with Crippen LogP contribution in [0.5, 0.6) is 0 Å². The van der Waals surface area contributed by atoms with Crippen molar-refractivity contribution in [3.8, 4) is 0 Å². The monoisotopic (exact) mass is 395 g/mol. The third-order valence-corrected chi connectivity index (χ3v) is 5.20. The van der Waals surface area contributed by atoms with Crippen LogP contribution in [-0.4, -0.2) is 30.0 Å². The van der Waals surface area contributed by atoms with Crippen molar-refractivity contribution in [2.45, 2.75) is 16.7 Å². The molecular weight excluding hydrogens is 378 g/mol. The zero-order valence-corrected chi connectivity index (χ0v) is 16.0. The summed E-state index contributed by atoms with van der Waals surface area (Å²) in [6.07, 6.45) is 0. The molecular formula is C18H18ClNO3S2. The minimum atomic E-state index is -0.306. The van der Waals surface area contributed by atoms with Gasteiger partial charge in [-0.3, -0.25) is 9.59 Å². The Labute approximate surface area is 160 Å². The Morgan fingerprint density at radius 3 is 2.52 bits per heavy atom. The van der Waals surface area contributed by atoms with Gasteiger partial charge in [-0.2, -0.15) is 0 Å². The van der Waals surface area contributed by atoms with E-state index < -0.39 is 0 Å². The Kier molecular flexibility index (Phi) is 8.18. The van der Waals surface area contributed by atoms with Crippen molar-refractivity contribution in [1.29, 1.82) is 0 Å². The number of carbonyl (C=O) groups excluding carboxylic acids is 2. The lowest BCUT2D eigenvalue weighted by Crippen LogP contribution is -2.16. The van der Waals surface area contributed by atoms with Gasteiger partial charge in [0.2, 0.25) is 5.91 Å². The fourth-order valence-electron chi connectivity index (χ4n) is 1.90.